The van der Waals surface area contributed by atoms with E-state index in [1.165, 1.54) is 10.6 Å². The summed E-state index contributed by atoms with van der Waals surface area (Å²) in [4.78, 5) is 16.9. The first-order valence-corrected chi connectivity index (χ1v) is 9.17. The molecular weight excluding hydrogens is 369 g/mol. The lowest BCUT2D eigenvalue weighted by Crippen LogP contribution is -2.24. The maximum Gasteiger partial charge on any atom is 0.416 e. The molecule has 4 nitrogen and oxygen atoms in total. The SMILES string of the molecule is O=c1nc(CC[C@H]2C[C@@H]2CO)c2ccc(C(F)(F)F)cc2n1-c1ccccc1. The summed E-state index contributed by atoms with van der Waals surface area (Å²) in [6.45, 7) is 0.142. The van der Waals surface area contributed by atoms with Crippen molar-refractivity contribution >= 4 is 10.9 Å². The van der Waals surface area contributed by atoms with Gasteiger partial charge in [0.15, 0.2) is 0 Å². The first kappa shape index (κ1) is 18.7. The minimum absolute atomic E-state index is 0.142. The molecule has 4 rings (SSSR count). The highest BCUT2D eigenvalue weighted by Crippen LogP contribution is 2.41. The standard InChI is InChI=1S/C21H19F3N2O2/c22-21(23,24)15-7-8-17-18(9-6-13-10-14(13)12-27)25-20(28)26(19(17)11-15)16-4-2-1-3-5-16/h1-5,7-8,11,13-14,27H,6,9-10,12H2/t13-,14+/m0/s1. The van der Waals surface area contributed by atoms with E-state index in [2.05, 4.69) is 4.98 Å². The second-order valence-electron chi connectivity index (χ2n) is 7.22. The molecule has 1 N–H and O–H groups in total. The zero-order valence-corrected chi connectivity index (χ0v) is 15.0. The zero-order valence-electron chi connectivity index (χ0n) is 15.0. The van der Waals surface area contributed by atoms with Gasteiger partial charge in [-0.05, 0) is 55.4 Å². The molecule has 0 unspecified atom stereocenters. The molecule has 1 fully saturated rings. The van der Waals surface area contributed by atoms with Gasteiger partial charge in [-0.15, -0.1) is 0 Å². The van der Waals surface area contributed by atoms with Gasteiger partial charge < -0.3 is 5.11 Å². The van der Waals surface area contributed by atoms with Gasteiger partial charge in [-0.25, -0.2) is 4.79 Å². The van der Waals surface area contributed by atoms with Crippen LogP contribution in [0.25, 0.3) is 16.6 Å². The number of aryl methyl sites for hydroxylation is 1. The largest absolute Gasteiger partial charge is 0.416 e. The molecule has 1 saturated carbocycles. The number of benzene rings is 2. The fraction of sp³-hybridized carbons (Fsp3) is 0.333. The van der Waals surface area contributed by atoms with Crippen LogP contribution in [-0.4, -0.2) is 21.3 Å². The van der Waals surface area contributed by atoms with Gasteiger partial charge in [0.05, 0.1) is 22.5 Å². The van der Waals surface area contributed by atoms with Crippen LogP contribution in [0, 0.1) is 11.8 Å². The molecule has 0 bridgehead atoms. The van der Waals surface area contributed by atoms with E-state index in [4.69, 9.17) is 0 Å². The van der Waals surface area contributed by atoms with Crippen LogP contribution in [0.15, 0.2) is 53.3 Å². The number of halogens is 3. The number of hydrogen-bond acceptors (Lipinski definition) is 3. The molecule has 2 atom stereocenters. The first-order valence-electron chi connectivity index (χ1n) is 9.17. The summed E-state index contributed by atoms with van der Waals surface area (Å²) in [5.41, 5.74) is -0.222. The van der Waals surface area contributed by atoms with Gasteiger partial charge in [-0.2, -0.15) is 18.2 Å². The van der Waals surface area contributed by atoms with Crippen molar-refractivity contribution in [3.8, 4) is 5.69 Å². The second kappa shape index (κ2) is 7.05. The number of rotatable bonds is 5. The van der Waals surface area contributed by atoms with Crippen LogP contribution in [0.2, 0.25) is 0 Å². The first-order chi connectivity index (χ1) is 13.4. The van der Waals surface area contributed by atoms with Crippen molar-refractivity contribution in [3.05, 3.63) is 70.3 Å². The Morgan fingerprint density at radius 2 is 1.86 bits per heavy atom. The number of para-hydroxylation sites is 1. The summed E-state index contributed by atoms with van der Waals surface area (Å²) in [5, 5.41) is 9.72. The highest BCUT2D eigenvalue weighted by Gasteiger charge is 2.36. The molecule has 0 aliphatic heterocycles. The third kappa shape index (κ3) is 3.54. The van der Waals surface area contributed by atoms with E-state index in [0.717, 1.165) is 25.0 Å². The summed E-state index contributed by atoms with van der Waals surface area (Å²) in [6, 6.07) is 12.0. The van der Waals surface area contributed by atoms with Crippen molar-refractivity contribution < 1.29 is 18.3 Å². The van der Waals surface area contributed by atoms with Gasteiger partial charge in [0.2, 0.25) is 0 Å². The maximum absolute atomic E-state index is 13.3. The normalized spacial score (nSPS) is 19.1. The molecule has 28 heavy (non-hydrogen) atoms. The molecular formula is C21H19F3N2O2. The Labute approximate surface area is 159 Å². The summed E-state index contributed by atoms with van der Waals surface area (Å²) in [6.07, 6.45) is -2.32. The van der Waals surface area contributed by atoms with E-state index in [9.17, 15) is 23.1 Å². The number of alkyl halides is 3. The molecule has 0 spiro atoms. The van der Waals surface area contributed by atoms with Crippen LogP contribution < -0.4 is 5.69 Å². The Balaban J connectivity index is 1.85. The number of hydrogen-bond donors (Lipinski definition) is 1. The summed E-state index contributed by atoms with van der Waals surface area (Å²) >= 11 is 0. The van der Waals surface area contributed by atoms with Crippen LogP contribution >= 0.6 is 0 Å². The van der Waals surface area contributed by atoms with Gasteiger partial charge in [0, 0.05) is 12.0 Å². The van der Waals surface area contributed by atoms with Crippen LogP contribution in [0.1, 0.15) is 24.1 Å². The fourth-order valence-corrected chi connectivity index (χ4v) is 3.69. The predicted molar refractivity (Wildman–Crippen MR) is 99.3 cm³/mol. The third-order valence-corrected chi connectivity index (χ3v) is 5.37. The molecule has 2 aromatic carbocycles. The number of nitrogens with zero attached hydrogens (tertiary/aromatic N) is 2. The Kier molecular flexibility index (Phi) is 4.71. The van der Waals surface area contributed by atoms with Crippen LogP contribution in [0.3, 0.4) is 0 Å². The van der Waals surface area contributed by atoms with E-state index >= 15 is 0 Å². The van der Waals surface area contributed by atoms with E-state index in [0.29, 0.717) is 29.1 Å². The monoisotopic (exact) mass is 388 g/mol. The van der Waals surface area contributed by atoms with Crippen molar-refractivity contribution in [1.82, 2.24) is 9.55 Å². The van der Waals surface area contributed by atoms with Crippen molar-refractivity contribution in [3.63, 3.8) is 0 Å². The molecule has 1 aliphatic carbocycles. The summed E-state index contributed by atoms with van der Waals surface area (Å²) < 4.78 is 41.0. The van der Waals surface area contributed by atoms with E-state index < -0.39 is 17.4 Å². The Morgan fingerprint density at radius 1 is 1.11 bits per heavy atom. The lowest BCUT2D eigenvalue weighted by molar-refractivity contribution is -0.137. The van der Waals surface area contributed by atoms with Crippen molar-refractivity contribution in [2.45, 2.75) is 25.4 Å². The maximum atomic E-state index is 13.3. The highest BCUT2D eigenvalue weighted by atomic mass is 19.4. The van der Waals surface area contributed by atoms with E-state index in [1.54, 1.807) is 30.3 Å². The number of fused-ring (bicyclic) bond motifs is 1. The Hall–Kier alpha value is -2.67. The molecule has 7 heteroatoms. The fourth-order valence-electron chi connectivity index (χ4n) is 3.69. The second-order valence-corrected chi connectivity index (χ2v) is 7.22. The van der Waals surface area contributed by atoms with Gasteiger partial charge in [-0.3, -0.25) is 4.57 Å². The molecule has 3 aromatic rings. The Morgan fingerprint density at radius 3 is 2.50 bits per heavy atom. The van der Waals surface area contributed by atoms with Gasteiger partial charge in [0.1, 0.15) is 0 Å². The number of aromatic nitrogens is 2. The van der Waals surface area contributed by atoms with Crippen molar-refractivity contribution in [2.75, 3.05) is 6.61 Å². The molecule has 1 aromatic heterocycles. The van der Waals surface area contributed by atoms with Gasteiger partial charge in [-0.1, -0.05) is 24.3 Å². The minimum atomic E-state index is -4.50. The van der Waals surface area contributed by atoms with Crippen molar-refractivity contribution in [2.24, 2.45) is 11.8 Å². The lowest BCUT2D eigenvalue weighted by Gasteiger charge is -2.15. The minimum Gasteiger partial charge on any atom is -0.396 e. The van der Waals surface area contributed by atoms with E-state index in [-0.39, 0.29) is 18.0 Å². The lowest BCUT2D eigenvalue weighted by atomic mass is 10.0. The average molecular weight is 388 g/mol. The van der Waals surface area contributed by atoms with Gasteiger partial charge in [0.25, 0.3) is 0 Å². The molecule has 1 heterocycles. The van der Waals surface area contributed by atoms with Crippen LogP contribution in [0.4, 0.5) is 13.2 Å². The zero-order chi connectivity index (χ0) is 19.9. The summed E-state index contributed by atoms with van der Waals surface area (Å²) in [5.74, 6) is 0.667. The molecule has 146 valence electrons. The molecule has 0 radical (unpaired) electrons. The van der Waals surface area contributed by atoms with Crippen LogP contribution in [-0.2, 0) is 12.6 Å². The van der Waals surface area contributed by atoms with Gasteiger partial charge >= 0.3 is 11.9 Å². The average Bonchev–Trinajstić information content (AvgIpc) is 3.44. The topological polar surface area (TPSA) is 55.1 Å². The van der Waals surface area contributed by atoms with Crippen LogP contribution in [0.5, 0.6) is 0 Å². The third-order valence-electron chi connectivity index (χ3n) is 5.37. The van der Waals surface area contributed by atoms with E-state index in [1.807, 2.05) is 0 Å². The quantitative estimate of drug-likeness (QED) is 0.720. The molecule has 0 amide bonds. The highest BCUT2D eigenvalue weighted by molar-refractivity contribution is 5.83. The summed E-state index contributed by atoms with van der Waals surface area (Å²) in [7, 11) is 0. The Bertz CT molecular complexity index is 1060. The predicted octanol–water partition coefficient (Wildman–Crippen LogP) is 3.97. The number of aliphatic hydroxyl groups is 1. The van der Waals surface area contributed by atoms with Crippen molar-refractivity contribution in [1.29, 1.82) is 0 Å². The molecule has 0 saturated heterocycles. The smallest absolute Gasteiger partial charge is 0.396 e. The molecule has 1 aliphatic rings. The number of aliphatic hydroxyl groups excluding tert-OH is 1.